The summed E-state index contributed by atoms with van der Waals surface area (Å²) in [5.74, 6) is -0.0383. The highest BCUT2D eigenvalue weighted by Gasteiger charge is 2.16. The zero-order valence-electron chi connectivity index (χ0n) is 14.2. The summed E-state index contributed by atoms with van der Waals surface area (Å²) < 4.78 is 26.5. The van der Waals surface area contributed by atoms with Crippen LogP contribution in [-0.2, 0) is 4.79 Å². The molecule has 7 nitrogen and oxygen atoms in total. The van der Waals surface area contributed by atoms with E-state index >= 15 is 0 Å². The van der Waals surface area contributed by atoms with E-state index in [9.17, 15) is 9.18 Å². The number of carbonyl (C=O) groups excluding carboxylic acids is 1. The van der Waals surface area contributed by atoms with Crippen LogP contribution in [-0.4, -0.2) is 27.8 Å². The number of para-hydroxylation sites is 2. The van der Waals surface area contributed by atoms with E-state index in [-0.39, 0.29) is 11.7 Å². The summed E-state index contributed by atoms with van der Waals surface area (Å²) in [5, 5.41) is 6.55. The number of nitrogens with zero attached hydrogens (tertiary/aromatic N) is 3. The van der Waals surface area contributed by atoms with Crippen LogP contribution in [0.5, 0.6) is 17.2 Å². The maximum atomic E-state index is 14.4. The van der Waals surface area contributed by atoms with Crippen molar-refractivity contribution < 1.29 is 18.7 Å². The molecule has 26 heavy (non-hydrogen) atoms. The van der Waals surface area contributed by atoms with Crippen molar-refractivity contribution in [3.63, 3.8) is 0 Å². The molecule has 0 saturated heterocycles. The Balaban J connectivity index is 1.72. The highest BCUT2D eigenvalue weighted by Crippen LogP contribution is 2.33. The molecule has 0 saturated carbocycles. The molecule has 0 aliphatic carbocycles. The maximum Gasteiger partial charge on any atom is 0.249 e. The van der Waals surface area contributed by atoms with Crippen LogP contribution in [0.15, 0.2) is 55.1 Å². The molecule has 1 aromatic heterocycles. The van der Waals surface area contributed by atoms with Crippen LogP contribution in [0, 0.1) is 5.82 Å². The average molecular weight is 356 g/mol. The van der Waals surface area contributed by atoms with Crippen LogP contribution in [0.3, 0.4) is 0 Å². The summed E-state index contributed by atoms with van der Waals surface area (Å²) in [5.41, 5.74) is 0.312. The first kappa shape index (κ1) is 17.4. The fourth-order valence-corrected chi connectivity index (χ4v) is 2.27. The lowest BCUT2D eigenvalue weighted by Crippen LogP contribution is -2.24. The van der Waals surface area contributed by atoms with Crippen LogP contribution < -0.4 is 14.8 Å². The normalized spacial score (nSPS) is 11.7. The number of aromatic nitrogens is 3. The van der Waals surface area contributed by atoms with Crippen molar-refractivity contribution in [3.05, 3.63) is 60.9 Å². The number of methoxy groups -OCH3 is 1. The quantitative estimate of drug-likeness (QED) is 0.732. The molecule has 0 bridgehead atoms. The van der Waals surface area contributed by atoms with Crippen molar-refractivity contribution >= 4 is 11.6 Å². The minimum absolute atomic E-state index is 0.0248. The Bertz CT molecular complexity index is 899. The van der Waals surface area contributed by atoms with Crippen LogP contribution in [0.4, 0.5) is 10.1 Å². The van der Waals surface area contributed by atoms with Crippen LogP contribution >= 0.6 is 0 Å². The molecule has 8 heteroatoms. The number of halogens is 1. The van der Waals surface area contributed by atoms with E-state index in [4.69, 9.17) is 9.47 Å². The number of amides is 1. The van der Waals surface area contributed by atoms with Gasteiger partial charge in [-0.3, -0.25) is 4.79 Å². The lowest BCUT2D eigenvalue weighted by Gasteiger charge is -2.14. The third kappa shape index (κ3) is 3.80. The molecule has 3 rings (SSSR count). The van der Waals surface area contributed by atoms with Crippen molar-refractivity contribution in [1.82, 2.24) is 14.8 Å². The van der Waals surface area contributed by atoms with E-state index in [1.807, 2.05) is 0 Å². The van der Waals surface area contributed by atoms with Crippen LogP contribution in [0.2, 0.25) is 0 Å². The van der Waals surface area contributed by atoms with Crippen molar-refractivity contribution in [2.24, 2.45) is 0 Å². The van der Waals surface area contributed by atoms with Crippen molar-refractivity contribution in [2.75, 3.05) is 12.4 Å². The Morgan fingerprint density at radius 2 is 1.96 bits per heavy atom. The van der Waals surface area contributed by atoms with Gasteiger partial charge in [-0.25, -0.2) is 14.1 Å². The molecule has 1 amide bonds. The van der Waals surface area contributed by atoms with Gasteiger partial charge in [0, 0.05) is 11.8 Å². The number of nitrogens with one attached hydrogen (secondary N) is 1. The Labute approximate surface area is 149 Å². The largest absolute Gasteiger partial charge is 0.493 e. The number of anilines is 1. The molecule has 1 N–H and O–H groups in total. The molecule has 0 aliphatic heterocycles. The van der Waals surface area contributed by atoms with Crippen molar-refractivity contribution in [1.29, 1.82) is 0 Å². The predicted octanol–water partition coefficient (Wildman–Crippen LogP) is 3.42. The van der Waals surface area contributed by atoms with E-state index in [1.54, 1.807) is 37.3 Å². The standard InChI is InChI=1S/C18H17FN4O3/c1-12(23-11-20-10-21-23)18(24)22-13-7-8-15(14(19)9-13)26-17-6-4-3-5-16(17)25-2/h3-12H,1-2H3,(H,22,24). The molecular formula is C18H17FN4O3. The lowest BCUT2D eigenvalue weighted by atomic mass is 10.2. The van der Waals surface area contributed by atoms with Gasteiger partial charge in [0.2, 0.25) is 5.91 Å². The summed E-state index contributed by atoms with van der Waals surface area (Å²) in [7, 11) is 1.51. The number of hydrogen-bond donors (Lipinski definition) is 1. The molecule has 2 aromatic carbocycles. The molecule has 1 atom stereocenters. The SMILES string of the molecule is COc1ccccc1Oc1ccc(NC(=O)C(C)n2cncn2)cc1F. The number of rotatable bonds is 6. The average Bonchev–Trinajstić information content (AvgIpc) is 3.18. The van der Waals surface area contributed by atoms with Gasteiger partial charge in [-0.05, 0) is 31.2 Å². The number of carbonyl (C=O) groups is 1. The molecule has 0 aliphatic rings. The molecule has 134 valence electrons. The zero-order valence-corrected chi connectivity index (χ0v) is 14.2. The van der Waals surface area contributed by atoms with Crippen LogP contribution in [0.25, 0.3) is 0 Å². The number of ether oxygens (including phenoxy) is 2. The Morgan fingerprint density at radius 1 is 1.19 bits per heavy atom. The smallest absolute Gasteiger partial charge is 0.249 e. The van der Waals surface area contributed by atoms with Gasteiger partial charge >= 0.3 is 0 Å². The highest BCUT2D eigenvalue weighted by atomic mass is 19.1. The Morgan fingerprint density at radius 3 is 2.62 bits per heavy atom. The minimum atomic E-state index is -0.609. The first-order valence-corrected chi connectivity index (χ1v) is 7.84. The van der Waals surface area contributed by atoms with Gasteiger partial charge in [0.05, 0.1) is 7.11 Å². The molecular weight excluding hydrogens is 339 g/mol. The van der Waals surface area contributed by atoms with E-state index < -0.39 is 11.9 Å². The van der Waals surface area contributed by atoms with Gasteiger partial charge < -0.3 is 14.8 Å². The fraction of sp³-hybridized carbons (Fsp3) is 0.167. The topological polar surface area (TPSA) is 78.3 Å². The minimum Gasteiger partial charge on any atom is -0.493 e. The van der Waals surface area contributed by atoms with Gasteiger partial charge in [0.15, 0.2) is 23.1 Å². The molecule has 0 spiro atoms. The molecule has 1 heterocycles. The van der Waals surface area contributed by atoms with E-state index in [0.29, 0.717) is 17.2 Å². The van der Waals surface area contributed by atoms with Gasteiger partial charge in [-0.1, -0.05) is 12.1 Å². The second-order valence-corrected chi connectivity index (χ2v) is 5.44. The van der Waals surface area contributed by atoms with Crippen molar-refractivity contribution in [3.8, 4) is 17.2 Å². The van der Waals surface area contributed by atoms with E-state index in [1.165, 1.54) is 36.6 Å². The van der Waals surface area contributed by atoms with Gasteiger partial charge in [-0.2, -0.15) is 5.10 Å². The maximum absolute atomic E-state index is 14.4. The van der Waals surface area contributed by atoms with Crippen molar-refractivity contribution in [2.45, 2.75) is 13.0 Å². The predicted molar refractivity (Wildman–Crippen MR) is 92.8 cm³/mol. The summed E-state index contributed by atoms with van der Waals surface area (Å²) in [6.45, 7) is 1.67. The number of hydrogen-bond acceptors (Lipinski definition) is 5. The fourth-order valence-electron chi connectivity index (χ4n) is 2.27. The lowest BCUT2D eigenvalue weighted by molar-refractivity contribution is -0.119. The molecule has 3 aromatic rings. The monoisotopic (exact) mass is 356 g/mol. The summed E-state index contributed by atoms with van der Waals surface area (Å²) in [4.78, 5) is 16.0. The summed E-state index contributed by atoms with van der Waals surface area (Å²) >= 11 is 0. The van der Waals surface area contributed by atoms with Crippen LogP contribution in [0.1, 0.15) is 13.0 Å². The van der Waals surface area contributed by atoms with E-state index in [2.05, 4.69) is 15.4 Å². The first-order valence-electron chi connectivity index (χ1n) is 7.84. The first-order chi connectivity index (χ1) is 12.6. The third-order valence-corrected chi connectivity index (χ3v) is 3.70. The zero-order chi connectivity index (χ0) is 18.5. The molecule has 0 radical (unpaired) electrons. The second kappa shape index (κ2) is 7.64. The second-order valence-electron chi connectivity index (χ2n) is 5.44. The highest BCUT2D eigenvalue weighted by molar-refractivity contribution is 5.93. The molecule has 1 unspecified atom stereocenters. The van der Waals surface area contributed by atoms with Gasteiger partial charge in [-0.15, -0.1) is 0 Å². The van der Waals surface area contributed by atoms with Gasteiger partial charge in [0.1, 0.15) is 18.7 Å². The summed E-state index contributed by atoms with van der Waals surface area (Å²) in [6.07, 6.45) is 2.78. The van der Waals surface area contributed by atoms with E-state index in [0.717, 1.165) is 0 Å². The third-order valence-electron chi connectivity index (χ3n) is 3.70. The number of benzene rings is 2. The van der Waals surface area contributed by atoms with Gasteiger partial charge in [0.25, 0.3) is 0 Å². The molecule has 0 fully saturated rings. The Hall–Kier alpha value is -3.42. The Kier molecular flexibility index (Phi) is 5.12. The summed E-state index contributed by atoms with van der Waals surface area (Å²) in [6, 6.07) is 10.5.